The lowest BCUT2D eigenvalue weighted by Gasteiger charge is -2.12. The Bertz CT molecular complexity index is 733. The van der Waals surface area contributed by atoms with Gasteiger partial charge in [-0.15, -0.1) is 0 Å². The van der Waals surface area contributed by atoms with Crippen LogP contribution in [0.2, 0.25) is 0 Å². The summed E-state index contributed by atoms with van der Waals surface area (Å²) in [6, 6.07) is 11.3. The number of ether oxygens (including phenoxy) is 2. The average Bonchev–Trinajstić information content (AvgIpc) is 2.58. The van der Waals surface area contributed by atoms with Gasteiger partial charge in [-0.1, -0.05) is 42.8 Å². The number of benzene rings is 2. The summed E-state index contributed by atoms with van der Waals surface area (Å²) in [5, 5.41) is 0. The molecule has 2 aromatic rings. The molecule has 0 atom stereocenters. The van der Waals surface area contributed by atoms with Gasteiger partial charge in [0.1, 0.15) is 0 Å². The molecule has 0 saturated heterocycles. The van der Waals surface area contributed by atoms with Crippen molar-refractivity contribution >= 4 is 27.8 Å². The Balaban J connectivity index is 2.21. The number of ketones is 1. The normalized spacial score (nSPS) is 10.8. The van der Waals surface area contributed by atoms with Crippen LogP contribution in [0.15, 0.2) is 46.9 Å². The van der Waals surface area contributed by atoms with Crippen molar-refractivity contribution < 1.29 is 14.3 Å². The fourth-order valence-corrected chi connectivity index (χ4v) is 2.74. The van der Waals surface area contributed by atoms with E-state index in [1.54, 1.807) is 19.3 Å². The van der Waals surface area contributed by atoms with Crippen molar-refractivity contribution in [2.75, 3.05) is 13.7 Å². The van der Waals surface area contributed by atoms with Crippen LogP contribution in [0.1, 0.15) is 34.8 Å². The molecule has 2 aromatic carbocycles. The lowest BCUT2D eigenvalue weighted by Crippen LogP contribution is -1.99. The van der Waals surface area contributed by atoms with E-state index in [9.17, 15) is 4.79 Å². The third kappa shape index (κ3) is 4.71. The van der Waals surface area contributed by atoms with Gasteiger partial charge in [-0.05, 0) is 53.0 Å². The van der Waals surface area contributed by atoms with Crippen LogP contribution in [0.3, 0.4) is 0 Å². The Hall–Kier alpha value is -2.07. The van der Waals surface area contributed by atoms with E-state index < -0.39 is 0 Å². The summed E-state index contributed by atoms with van der Waals surface area (Å²) in [6.45, 7) is 4.67. The van der Waals surface area contributed by atoms with Gasteiger partial charge in [0, 0.05) is 5.56 Å². The molecule has 2 rings (SSSR count). The van der Waals surface area contributed by atoms with E-state index in [2.05, 4.69) is 15.9 Å². The molecule has 3 nitrogen and oxygen atoms in total. The van der Waals surface area contributed by atoms with Crippen molar-refractivity contribution in [1.29, 1.82) is 0 Å². The van der Waals surface area contributed by atoms with Gasteiger partial charge < -0.3 is 9.47 Å². The zero-order valence-corrected chi connectivity index (χ0v) is 15.7. The molecular weight excluding hydrogens is 368 g/mol. The van der Waals surface area contributed by atoms with Gasteiger partial charge in [0.15, 0.2) is 17.3 Å². The molecule has 0 bridgehead atoms. The number of hydrogen-bond acceptors (Lipinski definition) is 3. The summed E-state index contributed by atoms with van der Waals surface area (Å²) in [5.74, 6) is 1.29. The van der Waals surface area contributed by atoms with Gasteiger partial charge in [0.2, 0.25) is 0 Å². The Morgan fingerprint density at radius 1 is 1.21 bits per heavy atom. The number of allylic oxidation sites excluding steroid dienone is 1. The average molecular weight is 389 g/mol. The second-order valence-corrected chi connectivity index (χ2v) is 6.30. The Morgan fingerprint density at radius 3 is 2.54 bits per heavy atom. The summed E-state index contributed by atoms with van der Waals surface area (Å²) >= 11 is 3.51. The molecule has 0 aliphatic carbocycles. The second kappa shape index (κ2) is 8.69. The third-order valence-corrected chi connectivity index (χ3v) is 4.05. The maximum absolute atomic E-state index is 12.2. The van der Waals surface area contributed by atoms with Crippen LogP contribution in [-0.2, 0) is 0 Å². The van der Waals surface area contributed by atoms with Crippen LogP contribution < -0.4 is 9.47 Å². The number of hydrogen-bond donors (Lipinski definition) is 0. The topological polar surface area (TPSA) is 35.5 Å². The molecule has 0 aliphatic heterocycles. The predicted molar refractivity (Wildman–Crippen MR) is 101 cm³/mol. The van der Waals surface area contributed by atoms with Gasteiger partial charge in [-0.25, -0.2) is 0 Å². The zero-order valence-electron chi connectivity index (χ0n) is 14.1. The largest absolute Gasteiger partial charge is 0.493 e. The third-order valence-electron chi connectivity index (χ3n) is 3.47. The van der Waals surface area contributed by atoms with Gasteiger partial charge >= 0.3 is 0 Å². The maximum Gasteiger partial charge on any atom is 0.185 e. The van der Waals surface area contributed by atoms with Crippen LogP contribution in [0, 0.1) is 6.92 Å². The maximum atomic E-state index is 12.2. The molecule has 0 unspecified atom stereocenters. The molecule has 4 heteroatoms. The van der Waals surface area contributed by atoms with Crippen LogP contribution >= 0.6 is 15.9 Å². The summed E-state index contributed by atoms with van der Waals surface area (Å²) in [6.07, 6.45) is 4.26. The highest BCUT2D eigenvalue weighted by atomic mass is 79.9. The van der Waals surface area contributed by atoms with E-state index in [1.165, 1.54) is 0 Å². The van der Waals surface area contributed by atoms with Gasteiger partial charge in [0.05, 0.1) is 18.2 Å². The van der Waals surface area contributed by atoms with E-state index >= 15 is 0 Å². The van der Waals surface area contributed by atoms with Crippen molar-refractivity contribution in [3.05, 3.63) is 63.6 Å². The molecule has 0 spiro atoms. The lowest BCUT2D eigenvalue weighted by atomic mass is 10.1. The van der Waals surface area contributed by atoms with Crippen molar-refractivity contribution in [3.8, 4) is 11.5 Å². The van der Waals surface area contributed by atoms with E-state index in [1.807, 2.05) is 50.2 Å². The molecule has 0 radical (unpaired) electrons. The number of rotatable bonds is 7. The van der Waals surface area contributed by atoms with Crippen molar-refractivity contribution in [2.24, 2.45) is 0 Å². The fourth-order valence-electron chi connectivity index (χ4n) is 2.17. The van der Waals surface area contributed by atoms with Crippen molar-refractivity contribution in [2.45, 2.75) is 20.3 Å². The van der Waals surface area contributed by atoms with Gasteiger partial charge in [0.25, 0.3) is 0 Å². The van der Waals surface area contributed by atoms with Crippen molar-refractivity contribution in [1.82, 2.24) is 0 Å². The SMILES string of the molecule is CCCOc1c(Br)cc(/C=C/C(=O)c2ccc(C)cc2)cc1OC. The monoisotopic (exact) mass is 388 g/mol. The lowest BCUT2D eigenvalue weighted by molar-refractivity contribution is 0.104. The van der Waals surface area contributed by atoms with E-state index in [0.717, 1.165) is 22.0 Å². The molecule has 0 aliphatic rings. The Labute approximate surface area is 151 Å². The summed E-state index contributed by atoms with van der Waals surface area (Å²) in [5.41, 5.74) is 2.67. The number of halogens is 1. The van der Waals surface area contributed by atoms with Gasteiger partial charge in [-0.2, -0.15) is 0 Å². The first-order valence-electron chi connectivity index (χ1n) is 7.84. The molecule has 0 saturated carbocycles. The molecule has 0 aromatic heterocycles. The first-order chi connectivity index (χ1) is 11.5. The molecule has 0 N–H and O–H groups in total. The number of carbonyl (C=O) groups is 1. The zero-order chi connectivity index (χ0) is 17.5. The second-order valence-electron chi connectivity index (χ2n) is 5.45. The van der Waals surface area contributed by atoms with Crippen molar-refractivity contribution in [3.63, 3.8) is 0 Å². The highest BCUT2D eigenvalue weighted by Gasteiger charge is 2.11. The minimum absolute atomic E-state index is 0.0311. The Morgan fingerprint density at radius 2 is 1.92 bits per heavy atom. The summed E-state index contributed by atoms with van der Waals surface area (Å²) in [7, 11) is 1.60. The van der Waals surface area contributed by atoms with Crippen LogP contribution in [0.25, 0.3) is 6.08 Å². The molecular formula is C20H21BrO3. The minimum Gasteiger partial charge on any atom is -0.493 e. The van der Waals surface area contributed by atoms with Gasteiger partial charge in [-0.3, -0.25) is 4.79 Å². The number of methoxy groups -OCH3 is 1. The summed E-state index contributed by atoms with van der Waals surface area (Å²) in [4.78, 5) is 12.2. The van der Waals surface area contributed by atoms with Crippen LogP contribution in [0.5, 0.6) is 11.5 Å². The van der Waals surface area contributed by atoms with Crippen LogP contribution in [0.4, 0.5) is 0 Å². The smallest absolute Gasteiger partial charge is 0.185 e. The number of aryl methyl sites for hydroxylation is 1. The molecule has 0 fully saturated rings. The minimum atomic E-state index is -0.0311. The van der Waals surface area contributed by atoms with E-state index in [4.69, 9.17) is 9.47 Å². The fraction of sp³-hybridized carbons (Fsp3) is 0.250. The number of carbonyl (C=O) groups excluding carboxylic acids is 1. The standard InChI is InChI=1S/C20H21BrO3/c1-4-11-24-20-17(21)12-15(13-19(20)23-3)7-10-18(22)16-8-5-14(2)6-9-16/h5-10,12-13H,4,11H2,1-3H3/b10-7+. The predicted octanol–water partition coefficient (Wildman–Crippen LogP) is 5.45. The molecule has 0 heterocycles. The Kier molecular flexibility index (Phi) is 6.62. The highest BCUT2D eigenvalue weighted by molar-refractivity contribution is 9.10. The molecule has 126 valence electrons. The molecule has 24 heavy (non-hydrogen) atoms. The quantitative estimate of drug-likeness (QED) is 0.467. The molecule has 0 amide bonds. The highest BCUT2D eigenvalue weighted by Crippen LogP contribution is 2.37. The van der Waals surface area contributed by atoms with E-state index in [-0.39, 0.29) is 5.78 Å². The van der Waals surface area contributed by atoms with Crippen LogP contribution in [-0.4, -0.2) is 19.5 Å². The summed E-state index contributed by atoms with van der Waals surface area (Å²) < 4.78 is 11.9. The van der Waals surface area contributed by atoms with E-state index in [0.29, 0.717) is 23.7 Å². The first-order valence-corrected chi connectivity index (χ1v) is 8.64. The first kappa shape index (κ1) is 18.3.